The smallest absolute Gasteiger partial charge is 0.306 e. The molecule has 0 aromatic carbocycles. The van der Waals surface area contributed by atoms with Crippen LogP contribution in [-0.2, 0) is 23.9 Å². The SMILES string of the molecule is CCCCCCCCC(CCCCCCCC)OC(=O)CCCCCCCN(CCCCCCCC(=O)OCCC(CCCC)CCCC)CCCNC(=O)C1(C)CCCCC1. The Hall–Kier alpha value is -1.63. The van der Waals surface area contributed by atoms with Gasteiger partial charge in [0.2, 0.25) is 5.91 Å². The van der Waals surface area contributed by atoms with E-state index < -0.39 is 0 Å². The van der Waals surface area contributed by atoms with Crippen molar-refractivity contribution in [3.63, 3.8) is 0 Å². The van der Waals surface area contributed by atoms with E-state index in [1.54, 1.807) is 0 Å². The second-order valence-corrected chi connectivity index (χ2v) is 20.0. The predicted octanol–water partition coefficient (Wildman–Crippen LogP) is 15.8. The Labute approximate surface area is 385 Å². The van der Waals surface area contributed by atoms with Gasteiger partial charge < -0.3 is 19.7 Å². The molecule has 0 aromatic rings. The molecule has 0 radical (unpaired) electrons. The first kappa shape index (κ1) is 58.4. The van der Waals surface area contributed by atoms with Gasteiger partial charge in [-0.15, -0.1) is 0 Å². The third-order valence-corrected chi connectivity index (χ3v) is 13.9. The molecule has 1 fully saturated rings. The minimum Gasteiger partial charge on any atom is -0.466 e. The van der Waals surface area contributed by atoms with Crippen molar-refractivity contribution < 1.29 is 23.9 Å². The van der Waals surface area contributed by atoms with Crippen molar-refractivity contribution in [3.05, 3.63) is 0 Å². The van der Waals surface area contributed by atoms with Crippen molar-refractivity contribution in [1.29, 1.82) is 0 Å². The number of hydrogen-bond donors (Lipinski definition) is 1. The maximum atomic E-state index is 13.0. The lowest BCUT2D eigenvalue weighted by atomic mass is 9.75. The van der Waals surface area contributed by atoms with Crippen molar-refractivity contribution in [2.45, 2.75) is 291 Å². The van der Waals surface area contributed by atoms with Gasteiger partial charge in [-0.2, -0.15) is 0 Å². The molecule has 0 aliphatic heterocycles. The Morgan fingerprint density at radius 3 is 1.48 bits per heavy atom. The standard InChI is InChI=1S/C55H106N2O5/c1-6-10-14-16-20-27-38-51(39-28-21-17-15-11-7-2)62-53(59)41-30-23-19-25-34-47-57(48-35-45-56-54(60)55(5)43-31-26-32-44-55)46-33-24-18-22-29-40-52(58)61-49-42-50(36-12-8-3)37-13-9-4/h50-51H,6-49H2,1-5H3,(H,56,60). The molecular formula is C55H106N2O5. The zero-order valence-corrected chi connectivity index (χ0v) is 42.3. The van der Waals surface area contributed by atoms with Crippen LogP contribution in [0, 0.1) is 11.3 Å². The second kappa shape index (κ2) is 42.0. The number of esters is 2. The van der Waals surface area contributed by atoms with Crippen LogP contribution < -0.4 is 5.32 Å². The molecule has 0 heterocycles. The van der Waals surface area contributed by atoms with Crippen molar-refractivity contribution in [3.8, 4) is 0 Å². The van der Waals surface area contributed by atoms with Gasteiger partial charge in [-0.1, -0.05) is 195 Å². The summed E-state index contributed by atoms with van der Waals surface area (Å²) in [4.78, 5) is 41.0. The van der Waals surface area contributed by atoms with Crippen LogP contribution >= 0.6 is 0 Å². The van der Waals surface area contributed by atoms with Crippen LogP contribution in [0.2, 0.25) is 0 Å². The normalized spacial score (nSPS) is 13.9. The molecule has 62 heavy (non-hydrogen) atoms. The summed E-state index contributed by atoms with van der Waals surface area (Å²) in [6, 6.07) is 0. The monoisotopic (exact) mass is 875 g/mol. The molecule has 0 spiro atoms. The molecule has 7 nitrogen and oxygen atoms in total. The molecule has 0 bridgehead atoms. The zero-order chi connectivity index (χ0) is 45.2. The number of unbranched alkanes of at least 4 members (excludes halogenated alkanes) is 20. The molecule has 0 atom stereocenters. The number of ether oxygens (including phenoxy) is 2. The molecule has 366 valence electrons. The summed E-state index contributed by atoms with van der Waals surface area (Å²) < 4.78 is 11.7. The number of carbonyl (C=O) groups excluding carboxylic acids is 3. The van der Waals surface area contributed by atoms with Gasteiger partial charge in [0.05, 0.1) is 6.61 Å². The second-order valence-electron chi connectivity index (χ2n) is 20.0. The van der Waals surface area contributed by atoms with Gasteiger partial charge in [0.15, 0.2) is 0 Å². The Balaban J connectivity index is 2.41. The summed E-state index contributed by atoms with van der Waals surface area (Å²) in [6.45, 7) is 15.7. The molecule has 1 N–H and O–H groups in total. The lowest BCUT2D eigenvalue weighted by Crippen LogP contribution is -2.41. The minimum absolute atomic E-state index is 0.0170. The maximum Gasteiger partial charge on any atom is 0.306 e. The molecular weight excluding hydrogens is 769 g/mol. The summed E-state index contributed by atoms with van der Waals surface area (Å²) in [5, 5.41) is 3.29. The molecule has 1 saturated carbocycles. The van der Waals surface area contributed by atoms with Gasteiger partial charge in [0, 0.05) is 24.8 Å². The van der Waals surface area contributed by atoms with Crippen LogP contribution in [0.1, 0.15) is 285 Å². The van der Waals surface area contributed by atoms with Gasteiger partial charge in [0.1, 0.15) is 6.10 Å². The summed E-state index contributed by atoms with van der Waals surface area (Å²) >= 11 is 0. The zero-order valence-electron chi connectivity index (χ0n) is 42.3. The fourth-order valence-electron chi connectivity index (χ4n) is 9.52. The quantitative estimate of drug-likeness (QED) is 0.0485. The number of nitrogens with zero attached hydrogens (tertiary/aromatic N) is 1. The molecule has 1 aliphatic carbocycles. The average molecular weight is 875 g/mol. The third kappa shape index (κ3) is 33.8. The fraction of sp³-hybridized carbons (Fsp3) is 0.945. The highest BCUT2D eigenvalue weighted by atomic mass is 16.5. The predicted molar refractivity (Wildman–Crippen MR) is 265 cm³/mol. The maximum absolute atomic E-state index is 13.0. The molecule has 1 aliphatic rings. The Morgan fingerprint density at radius 2 is 0.952 bits per heavy atom. The Morgan fingerprint density at radius 1 is 0.500 bits per heavy atom. The van der Waals surface area contributed by atoms with Crippen molar-refractivity contribution in [1.82, 2.24) is 10.2 Å². The van der Waals surface area contributed by atoms with E-state index in [1.807, 2.05) is 0 Å². The first-order valence-corrected chi connectivity index (χ1v) is 27.6. The van der Waals surface area contributed by atoms with Crippen LogP contribution in [0.25, 0.3) is 0 Å². The summed E-state index contributed by atoms with van der Waals surface area (Å²) in [7, 11) is 0. The third-order valence-electron chi connectivity index (χ3n) is 13.9. The van der Waals surface area contributed by atoms with E-state index in [1.165, 1.54) is 161 Å². The van der Waals surface area contributed by atoms with Crippen LogP contribution in [0.4, 0.5) is 0 Å². The largest absolute Gasteiger partial charge is 0.466 e. The van der Waals surface area contributed by atoms with Crippen LogP contribution in [-0.4, -0.2) is 61.6 Å². The van der Waals surface area contributed by atoms with Gasteiger partial charge in [-0.25, -0.2) is 0 Å². The van der Waals surface area contributed by atoms with E-state index in [0.717, 1.165) is 103 Å². The van der Waals surface area contributed by atoms with E-state index in [-0.39, 0.29) is 29.4 Å². The number of carbonyl (C=O) groups is 3. The van der Waals surface area contributed by atoms with Gasteiger partial charge in [0.25, 0.3) is 0 Å². The Kier molecular flexibility index (Phi) is 39.6. The van der Waals surface area contributed by atoms with E-state index >= 15 is 0 Å². The summed E-state index contributed by atoms with van der Waals surface area (Å²) in [6.07, 6.45) is 44.9. The summed E-state index contributed by atoms with van der Waals surface area (Å²) in [5.41, 5.74) is -0.181. The van der Waals surface area contributed by atoms with Crippen molar-refractivity contribution >= 4 is 17.8 Å². The lowest BCUT2D eigenvalue weighted by Gasteiger charge is -2.32. The summed E-state index contributed by atoms with van der Waals surface area (Å²) in [5.74, 6) is 0.958. The topological polar surface area (TPSA) is 84.9 Å². The van der Waals surface area contributed by atoms with E-state index in [0.29, 0.717) is 25.4 Å². The number of nitrogens with one attached hydrogen (secondary N) is 1. The van der Waals surface area contributed by atoms with Crippen LogP contribution in [0.3, 0.4) is 0 Å². The average Bonchev–Trinajstić information content (AvgIpc) is 3.27. The number of rotatable bonds is 45. The van der Waals surface area contributed by atoms with Gasteiger partial charge in [-0.05, 0) is 103 Å². The number of hydrogen-bond acceptors (Lipinski definition) is 6. The van der Waals surface area contributed by atoms with Crippen LogP contribution in [0.5, 0.6) is 0 Å². The van der Waals surface area contributed by atoms with E-state index in [2.05, 4.69) is 44.8 Å². The lowest BCUT2D eigenvalue weighted by molar-refractivity contribution is -0.150. The first-order chi connectivity index (χ1) is 30.3. The molecule has 1 amide bonds. The number of amides is 1. The van der Waals surface area contributed by atoms with E-state index in [4.69, 9.17) is 9.47 Å². The highest BCUT2D eigenvalue weighted by Crippen LogP contribution is 2.35. The van der Waals surface area contributed by atoms with Crippen molar-refractivity contribution in [2.24, 2.45) is 11.3 Å². The van der Waals surface area contributed by atoms with Crippen molar-refractivity contribution in [2.75, 3.05) is 32.8 Å². The fourth-order valence-corrected chi connectivity index (χ4v) is 9.52. The minimum atomic E-state index is -0.181. The molecule has 0 unspecified atom stereocenters. The van der Waals surface area contributed by atoms with Gasteiger partial charge in [-0.3, -0.25) is 14.4 Å². The molecule has 1 rings (SSSR count). The van der Waals surface area contributed by atoms with Crippen LogP contribution in [0.15, 0.2) is 0 Å². The van der Waals surface area contributed by atoms with E-state index in [9.17, 15) is 14.4 Å². The highest BCUT2D eigenvalue weighted by Gasteiger charge is 2.34. The molecule has 0 saturated heterocycles. The molecule has 7 heteroatoms. The Bertz CT molecular complexity index is 1010. The highest BCUT2D eigenvalue weighted by molar-refractivity contribution is 5.82. The molecule has 0 aromatic heterocycles. The van der Waals surface area contributed by atoms with Gasteiger partial charge >= 0.3 is 11.9 Å². The first-order valence-electron chi connectivity index (χ1n) is 27.6.